The third-order valence-corrected chi connectivity index (χ3v) is 42.7. The van der Waals surface area contributed by atoms with Crippen molar-refractivity contribution >= 4 is 49.5 Å². The van der Waals surface area contributed by atoms with E-state index in [9.17, 15) is 0 Å². The van der Waals surface area contributed by atoms with Crippen molar-refractivity contribution in [1.29, 1.82) is 0 Å². The molecular weight excluding hydrogens is 474 g/mol. The first-order valence-corrected chi connectivity index (χ1v) is 18.4. The Bertz CT molecular complexity index is 800. The first-order valence-electron chi connectivity index (χ1n) is 9.55. The molecule has 0 amide bonds. The fraction of sp³-hybridized carbons (Fsp3) is 0.250. The monoisotopic (exact) mass is 504 g/mol. The summed E-state index contributed by atoms with van der Waals surface area (Å²) in [5.74, 6) is 0. The first kappa shape index (κ1) is 20.8. The molecule has 0 aromatic heterocycles. The van der Waals surface area contributed by atoms with Gasteiger partial charge in [0.05, 0.1) is 0 Å². The molecule has 0 bridgehead atoms. The third kappa shape index (κ3) is 2.87. The standard InChI is InChI=1S/C24H30IPSi/c1-24(2,3)27(4,5)26(25,21-15-9-6-10-16-21,22-17-11-7-12-18-22)23-19-13-8-14-20-23/h6-20H,1-5H3. The number of benzene rings is 3. The van der Waals surface area contributed by atoms with E-state index in [0.717, 1.165) is 0 Å². The zero-order chi connectivity index (χ0) is 19.8. The molecule has 142 valence electrons. The van der Waals surface area contributed by atoms with Gasteiger partial charge < -0.3 is 0 Å². The Balaban J connectivity index is 2.60. The van der Waals surface area contributed by atoms with E-state index in [4.69, 9.17) is 0 Å². The summed E-state index contributed by atoms with van der Waals surface area (Å²) in [6.07, 6.45) is 0. The average Bonchev–Trinajstić information content (AvgIpc) is 2.68. The van der Waals surface area contributed by atoms with Gasteiger partial charge in [0.2, 0.25) is 0 Å². The Morgan fingerprint density at radius 2 is 0.852 bits per heavy atom. The van der Waals surface area contributed by atoms with Crippen molar-refractivity contribution in [2.75, 3.05) is 0 Å². The SMILES string of the molecule is CC(C)(C)[Si](C)(C)P(I)(c1ccccc1)(c1ccccc1)c1ccccc1. The van der Waals surface area contributed by atoms with Gasteiger partial charge in [-0.05, 0) is 0 Å². The molecule has 0 aliphatic rings. The Morgan fingerprint density at radius 3 is 1.07 bits per heavy atom. The van der Waals surface area contributed by atoms with E-state index in [2.05, 4.69) is 147 Å². The van der Waals surface area contributed by atoms with Crippen molar-refractivity contribution in [2.24, 2.45) is 0 Å². The molecule has 0 spiro atoms. The van der Waals surface area contributed by atoms with Gasteiger partial charge in [0.25, 0.3) is 0 Å². The molecule has 0 unspecified atom stereocenters. The van der Waals surface area contributed by atoms with Crippen LogP contribution in [-0.2, 0) is 0 Å². The summed E-state index contributed by atoms with van der Waals surface area (Å²) in [6, 6.07) is 34.0. The van der Waals surface area contributed by atoms with Crippen molar-refractivity contribution in [3.63, 3.8) is 0 Å². The summed E-state index contributed by atoms with van der Waals surface area (Å²) < 4.78 is -2.70. The Morgan fingerprint density at radius 1 is 0.593 bits per heavy atom. The second kappa shape index (κ2) is 7.13. The molecule has 0 N–H and O–H groups in total. The number of halogens is 1. The molecule has 3 rings (SSSR count). The van der Waals surface area contributed by atoms with Gasteiger partial charge in [-0.2, -0.15) is 0 Å². The van der Waals surface area contributed by atoms with E-state index in [0.29, 0.717) is 0 Å². The van der Waals surface area contributed by atoms with Crippen LogP contribution in [0.3, 0.4) is 0 Å². The maximum atomic E-state index is 2.97. The zero-order valence-electron chi connectivity index (χ0n) is 17.0. The average molecular weight is 504 g/mol. The molecule has 0 atom stereocenters. The van der Waals surface area contributed by atoms with Gasteiger partial charge in [-0.25, -0.2) is 0 Å². The molecule has 0 aliphatic carbocycles. The molecule has 0 saturated heterocycles. The molecule has 3 aromatic rings. The predicted octanol–water partition coefficient (Wildman–Crippen LogP) is 6.87. The molecule has 3 aromatic carbocycles. The fourth-order valence-corrected chi connectivity index (χ4v) is 30.8. The van der Waals surface area contributed by atoms with E-state index < -0.39 is 11.5 Å². The van der Waals surface area contributed by atoms with Gasteiger partial charge in [-0.15, -0.1) is 0 Å². The second-order valence-electron chi connectivity index (χ2n) is 8.82. The van der Waals surface area contributed by atoms with Gasteiger partial charge in [-0.1, -0.05) is 0 Å². The molecule has 0 radical (unpaired) electrons. The van der Waals surface area contributed by atoms with Crippen LogP contribution >= 0.6 is 25.8 Å². The molecule has 0 heterocycles. The van der Waals surface area contributed by atoms with Crippen LogP contribution < -0.4 is 15.9 Å². The van der Waals surface area contributed by atoms with E-state index in [-0.39, 0.29) is 5.04 Å². The topological polar surface area (TPSA) is 0 Å². The van der Waals surface area contributed by atoms with Gasteiger partial charge in [0.15, 0.2) is 0 Å². The van der Waals surface area contributed by atoms with Crippen LogP contribution in [-0.4, -0.2) is 7.74 Å². The normalized spacial score (nSPS) is 14.4. The predicted molar refractivity (Wildman–Crippen MR) is 136 cm³/mol. The zero-order valence-corrected chi connectivity index (χ0v) is 21.0. The van der Waals surface area contributed by atoms with Crippen LogP contribution in [0.4, 0.5) is 0 Å². The van der Waals surface area contributed by atoms with Gasteiger partial charge in [-0.3, -0.25) is 0 Å². The number of hydrogen-bond donors (Lipinski definition) is 0. The van der Waals surface area contributed by atoms with E-state index in [1.165, 1.54) is 15.9 Å². The summed E-state index contributed by atoms with van der Waals surface area (Å²) in [5, 5.41) is 4.77. The minimum absolute atomic E-state index is 0.244. The van der Waals surface area contributed by atoms with Crippen molar-refractivity contribution in [3.8, 4) is 0 Å². The number of rotatable bonds is 4. The van der Waals surface area contributed by atoms with Gasteiger partial charge >= 0.3 is 179 Å². The van der Waals surface area contributed by atoms with Gasteiger partial charge in [0, 0.05) is 0 Å². The van der Waals surface area contributed by atoms with Crippen LogP contribution in [0.15, 0.2) is 91.0 Å². The molecule has 0 aliphatic heterocycles. The second-order valence-corrected chi connectivity index (χ2v) is 31.6. The molecule has 0 fully saturated rings. The van der Waals surface area contributed by atoms with Crippen LogP contribution in [0, 0.1) is 0 Å². The maximum absolute atomic E-state index is 2.97. The van der Waals surface area contributed by atoms with Gasteiger partial charge in [0.1, 0.15) is 0 Å². The van der Waals surface area contributed by atoms with E-state index in [1.54, 1.807) is 0 Å². The van der Waals surface area contributed by atoms with Crippen molar-refractivity contribution in [1.82, 2.24) is 0 Å². The summed E-state index contributed by atoms with van der Waals surface area (Å²) in [4.78, 5) is 0. The van der Waals surface area contributed by atoms with Crippen LogP contribution in [0.2, 0.25) is 18.1 Å². The Kier molecular flexibility index (Phi) is 5.48. The van der Waals surface area contributed by atoms with Crippen LogP contribution in [0.5, 0.6) is 0 Å². The Hall–Kier alpha value is -0.963. The molecule has 0 nitrogen and oxygen atoms in total. The number of hydrogen-bond acceptors (Lipinski definition) is 0. The first-order chi connectivity index (χ1) is 12.6. The Labute approximate surface area is 178 Å². The molecular formula is C24H30IPSi. The van der Waals surface area contributed by atoms with Crippen molar-refractivity contribution in [2.45, 2.75) is 38.9 Å². The van der Waals surface area contributed by atoms with Crippen LogP contribution in [0.1, 0.15) is 20.8 Å². The summed E-state index contributed by atoms with van der Waals surface area (Å²) in [5.41, 5.74) is 0. The molecule has 27 heavy (non-hydrogen) atoms. The summed E-state index contributed by atoms with van der Waals surface area (Å²) >= 11 is 2.97. The summed E-state index contributed by atoms with van der Waals surface area (Å²) in [7, 11) is -1.91. The molecule has 3 heteroatoms. The van der Waals surface area contributed by atoms with Crippen LogP contribution in [0.25, 0.3) is 0 Å². The fourth-order valence-electron chi connectivity index (χ4n) is 4.17. The molecule has 0 saturated carbocycles. The minimum atomic E-state index is -2.70. The van der Waals surface area contributed by atoms with Crippen molar-refractivity contribution in [3.05, 3.63) is 91.0 Å². The summed E-state index contributed by atoms with van der Waals surface area (Å²) in [6.45, 7) is 12.6. The quantitative estimate of drug-likeness (QED) is 0.207. The van der Waals surface area contributed by atoms with E-state index in [1.807, 2.05) is 0 Å². The van der Waals surface area contributed by atoms with E-state index >= 15 is 0 Å². The third-order valence-electron chi connectivity index (χ3n) is 6.61. The van der Waals surface area contributed by atoms with Crippen molar-refractivity contribution < 1.29 is 0 Å².